The highest BCUT2D eigenvalue weighted by Gasteiger charge is 2.23. The van der Waals surface area contributed by atoms with Gasteiger partial charge in [-0.15, -0.1) is 0 Å². The van der Waals surface area contributed by atoms with E-state index < -0.39 is 0 Å². The van der Waals surface area contributed by atoms with Gasteiger partial charge in [0, 0.05) is 37.9 Å². The van der Waals surface area contributed by atoms with Crippen molar-refractivity contribution in [2.75, 3.05) is 44.3 Å². The van der Waals surface area contributed by atoms with Gasteiger partial charge in [0.05, 0.1) is 22.7 Å². The fraction of sp³-hybridized carbons (Fsp3) is 0.364. The van der Waals surface area contributed by atoms with E-state index in [9.17, 15) is 4.79 Å². The number of hydrogen-bond donors (Lipinski definition) is 0. The zero-order valence-electron chi connectivity index (χ0n) is 16.7. The summed E-state index contributed by atoms with van der Waals surface area (Å²) in [4.78, 5) is 16.8. The van der Waals surface area contributed by atoms with E-state index in [1.165, 1.54) is 11.3 Å². The first kappa shape index (κ1) is 21.0. The third-order valence-electron chi connectivity index (χ3n) is 4.87. The molecule has 1 aliphatic rings. The van der Waals surface area contributed by atoms with Crippen LogP contribution in [0.15, 0.2) is 40.9 Å². The molecule has 29 heavy (non-hydrogen) atoms. The van der Waals surface area contributed by atoms with E-state index >= 15 is 0 Å². The zero-order valence-corrected chi connectivity index (χ0v) is 18.2. The van der Waals surface area contributed by atoms with Crippen molar-refractivity contribution in [3.63, 3.8) is 0 Å². The van der Waals surface area contributed by atoms with E-state index in [0.717, 1.165) is 13.1 Å². The van der Waals surface area contributed by atoms with Gasteiger partial charge in [-0.05, 0) is 47.5 Å². The van der Waals surface area contributed by atoms with Gasteiger partial charge >= 0.3 is 0 Å². The highest BCUT2D eigenvalue weighted by Crippen LogP contribution is 2.36. The van der Waals surface area contributed by atoms with E-state index in [1.807, 2.05) is 24.0 Å². The molecular weight excluding hydrogens is 434 g/mol. The Bertz CT molecular complexity index is 918. The molecule has 7 heteroatoms. The lowest BCUT2D eigenvalue weighted by atomic mass is 10.1. The molecular formula is C22H24BrN3O3. The lowest BCUT2D eigenvalue weighted by Gasteiger charge is -2.36. The number of nitriles is 1. The minimum atomic E-state index is -0.0745. The highest BCUT2D eigenvalue weighted by atomic mass is 79.9. The van der Waals surface area contributed by atoms with Gasteiger partial charge in [0.15, 0.2) is 18.1 Å². The van der Waals surface area contributed by atoms with Crippen LogP contribution >= 0.6 is 15.9 Å². The molecule has 1 amide bonds. The molecule has 0 aliphatic carbocycles. The van der Waals surface area contributed by atoms with Gasteiger partial charge in [-0.1, -0.05) is 18.2 Å². The number of anilines is 1. The van der Waals surface area contributed by atoms with Crippen molar-refractivity contribution < 1.29 is 14.3 Å². The fourth-order valence-corrected chi connectivity index (χ4v) is 3.93. The lowest BCUT2D eigenvalue weighted by molar-refractivity contribution is -0.133. The van der Waals surface area contributed by atoms with Crippen molar-refractivity contribution in [1.82, 2.24) is 4.90 Å². The van der Waals surface area contributed by atoms with Gasteiger partial charge in [-0.3, -0.25) is 4.79 Å². The van der Waals surface area contributed by atoms with Crippen LogP contribution in [0.1, 0.15) is 18.1 Å². The third kappa shape index (κ3) is 5.01. The molecule has 0 unspecified atom stereocenters. The van der Waals surface area contributed by atoms with E-state index in [4.69, 9.17) is 14.7 Å². The summed E-state index contributed by atoms with van der Waals surface area (Å²) in [5.74, 6) is 0.835. The molecule has 0 atom stereocenters. The first-order valence-corrected chi connectivity index (χ1v) is 10.4. The summed E-state index contributed by atoms with van der Waals surface area (Å²) in [6.45, 7) is 7.22. The van der Waals surface area contributed by atoms with Crippen molar-refractivity contribution in [1.29, 1.82) is 5.26 Å². The van der Waals surface area contributed by atoms with Gasteiger partial charge in [-0.2, -0.15) is 5.26 Å². The fourth-order valence-electron chi connectivity index (χ4n) is 3.38. The molecule has 152 valence electrons. The molecule has 1 aliphatic heterocycles. The van der Waals surface area contributed by atoms with Crippen LogP contribution in [0, 0.1) is 18.3 Å². The number of ether oxygens (including phenoxy) is 2. The number of piperazine rings is 1. The summed E-state index contributed by atoms with van der Waals surface area (Å²) in [7, 11) is 0. The summed E-state index contributed by atoms with van der Waals surface area (Å²) in [6.07, 6.45) is 0. The van der Waals surface area contributed by atoms with Crippen LogP contribution in [-0.2, 0) is 4.79 Å². The Morgan fingerprint density at radius 3 is 2.55 bits per heavy atom. The second kappa shape index (κ2) is 9.66. The molecule has 0 saturated carbocycles. The summed E-state index contributed by atoms with van der Waals surface area (Å²) in [6, 6.07) is 13.7. The molecule has 1 saturated heterocycles. The number of rotatable bonds is 6. The molecule has 3 rings (SSSR count). The zero-order chi connectivity index (χ0) is 20.8. The molecule has 2 aromatic rings. The molecule has 2 aromatic carbocycles. The van der Waals surface area contributed by atoms with Crippen LogP contribution < -0.4 is 14.4 Å². The number of benzene rings is 2. The number of carbonyl (C=O) groups excluding carboxylic acids is 1. The number of hydrogen-bond acceptors (Lipinski definition) is 5. The number of carbonyl (C=O) groups is 1. The molecule has 1 heterocycles. The normalized spacial score (nSPS) is 13.7. The van der Waals surface area contributed by atoms with Crippen LogP contribution in [0.2, 0.25) is 0 Å². The Kier molecular flexibility index (Phi) is 6.99. The van der Waals surface area contributed by atoms with Crippen LogP contribution in [0.4, 0.5) is 5.69 Å². The minimum absolute atomic E-state index is 0.0619. The average Bonchev–Trinajstić information content (AvgIpc) is 2.73. The second-order valence-electron chi connectivity index (χ2n) is 6.77. The quantitative estimate of drug-likeness (QED) is 0.660. The summed E-state index contributed by atoms with van der Waals surface area (Å²) in [5, 5.41) is 9.12. The second-order valence-corrected chi connectivity index (χ2v) is 7.63. The number of para-hydroxylation sites is 1. The molecule has 6 nitrogen and oxygen atoms in total. The maximum Gasteiger partial charge on any atom is 0.260 e. The standard InChI is InChI=1S/C22H24BrN3O3/c1-3-28-20-13-17(14-24)12-18(23)22(20)29-15-21(27)26-10-8-25(9-11-26)19-7-5-4-6-16(19)2/h4-7,12-13H,3,8-11,15H2,1-2H3. The van der Waals surface area contributed by atoms with Crippen molar-refractivity contribution in [3.05, 3.63) is 52.0 Å². The van der Waals surface area contributed by atoms with E-state index in [2.05, 4.69) is 46.0 Å². The van der Waals surface area contributed by atoms with Crippen molar-refractivity contribution in [3.8, 4) is 17.6 Å². The molecule has 0 spiro atoms. The van der Waals surface area contributed by atoms with Crippen molar-refractivity contribution in [2.45, 2.75) is 13.8 Å². The van der Waals surface area contributed by atoms with Gasteiger partial charge in [0.1, 0.15) is 0 Å². The Hall–Kier alpha value is -2.72. The van der Waals surface area contributed by atoms with Crippen molar-refractivity contribution in [2.24, 2.45) is 0 Å². The predicted octanol–water partition coefficient (Wildman–Crippen LogP) is 3.76. The average molecular weight is 458 g/mol. The van der Waals surface area contributed by atoms with Crippen LogP contribution in [0.5, 0.6) is 11.5 Å². The predicted molar refractivity (Wildman–Crippen MR) is 115 cm³/mol. The van der Waals surface area contributed by atoms with Crippen molar-refractivity contribution >= 4 is 27.5 Å². The SMILES string of the molecule is CCOc1cc(C#N)cc(Br)c1OCC(=O)N1CCN(c2ccccc2C)CC1. The third-order valence-corrected chi connectivity index (χ3v) is 5.46. The Morgan fingerprint density at radius 2 is 1.90 bits per heavy atom. The number of nitrogens with zero attached hydrogens (tertiary/aromatic N) is 3. The summed E-state index contributed by atoms with van der Waals surface area (Å²) < 4.78 is 11.9. The van der Waals surface area contributed by atoms with E-state index in [-0.39, 0.29) is 12.5 Å². The molecule has 0 N–H and O–H groups in total. The van der Waals surface area contributed by atoms with Crippen LogP contribution in [0.3, 0.4) is 0 Å². The van der Waals surface area contributed by atoms with Crippen LogP contribution in [0.25, 0.3) is 0 Å². The number of aryl methyl sites for hydroxylation is 1. The van der Waals surface area contributed by atoms with Gasteiger partial charge in [0.2, 0.25) is 0 Å². The molecule has 0 aromatic heterocycles. The largest absolute Gasteiger partial charge is 0.490 e. The molecule has 1 fully saturated rings. The van der Waals surface area contributed by atoms with Crippen LogP contribution in [-0.4, -0.2) is 50.2 Å². The molecule has 0 radical (unpaired) electrons. The monoisotopic (exact) mass is 457 g/mol. The van der Waals surface area contributed by atoms with Gasteiger partial charge in [-0.25, -0.2) is 0 Å². The Labute approximate surface area is 179 Å². The maximum atomic E-state index is 12.7. The van der Waals surface area contributed by atoms with E-state index in [1.54, 1.807) is 12.1 Å². The first-order chi connectivity index (χ1) is 14.0. The highest BCUT2D eigenvalue weighted by molar-refractivity contribution is 9.10. The number of halogens is 1. The smallest absolute Gasteiger partial charge is 0.260 e. The van der Waals surface area contributed by atoms with E-state index in [0.29, 0.717) is 41.2 Å². The molecule has 0 bridgehead atoms. The lowest BCUT2D eigenvalue weighted by Crippen LogP contribution is -2.50. The Morgan fingerprint density at radius 1 is 1.17 bits per heavy atom. The summed E-state index contributed by atoms with van der Waals surface area (Å²) >= 11 is 3.41. The summed E-state index contributed by atoms with van der Waals surface area (Å²) in [5.41, 5.74) is 2.93. The van der Waals surface area contributed by atoms with Gasteiger partial charge < -0.3 is 19.3 Å². The Balaban J connectivity index is 1.60. The first-order valence-electron chi connectivity index (χ1n) is 9.61. The topological polar surface area (TPSA) is 65.8 Å². The minimum Gasteiger partial charge on any atom is -0.490 e. The number of amides is 1. The van der Waals surface area contributed by atoms with Gasteiger partial charge in [0.25, 0.3) is 5.91 Å². The maximum absolute atomic E-state index is 12.7.